The molecule has 0 bridgehead atoms. The lowest BCUT2D eigenvalue weighted by atomic mass is 10.0. The van der Waals surface area contributed by atoms with Crippen molar-refractivity contribution in [3.05, 3.63) is 18.0 Å². The van der Waals surface area contributed by atoms with E-state index in [4.69, 9.17) is 0 Å². The molecular formula is C17H33IN6. The van der Waals surface area contributed by atoms with Crippen LogP contribution in [0.2, 0.25) is 0 Å². The molecule has 2 rings (SSSR count). The number of nitrogens with zero attached hydrogens (tertiary/aromatic N) is 4. The molecule has 1 saturated heterocycles. The lowest BCUT2D eigenvalue weighted by molar-refractivity contribution is 0.203. The van der Waals surface area contributed by atoms with Crippen molar-refractivity contribution in [1.82, 2.24) is 25.3 Å². The zero-order valence-corrected chi connectivity index (χ0v) is 17.6. The number of guanidine groups is 1. The zero-order valence-electron chi connectivity index (χ0n) is 15.3. The van der Waals surface area contributed by atoms with Crippen molar-refractivity contribution in [2.45, 2.75) is 52.1 Å². The van der Waals surface area contributed by atoms with Crippen molar-refractivity contribution >= 4 is 29.9 Å². The highest BCUT2D eigenvalue weighted by Crippen LogP contribution is 2.10. The van der Waals surface area contributed by atoms with Crippen LogP contribution in [-0.2, 0) is 6.54 Å². The Morgan fingerprint density at radius 2 is 2.08 bits per heavy atom. The molecule has 6 nitrogen and oxygen atoms in total. The highest BCUT2D eigenvalue weighted by molar-refractivity contribution is 14.0. The molecule has 0 unspecified atom stereocenters. The molecule has 0 amide bonds. The number of aliphatic imine (C=N–C) groups is 1. The van der Waals surface area contributed by atoms with Crippen molar-refractivity contribution in [2.75, 3.05) is 33.2 Å². The van der Waals surface area contributed by atoms with Gasteiger partial charge in [-0.3, -0.25) is 9.67 Å². The van der Waals surface area contributed by atoms with E-state index in [-0.39, 0.29) is 24.0 Å². The molecule has 0 aliphatic carbocycles. The number of hydrogen-bond acceptors (Lipinski definition) is 3. The summed E-state index contributed by atoms with van der Waals surface area (Å²) in [6.07, 6.45) is 8.94. The highest BCUT2D eigenvalue weighted by atomic mass is 127. The van der Waals surface area contributed by atoms with Gasteiger partial charge in [-0.2, -0.15) is 5.10 Å². The summed E-state index contributed by atoms with van der Waals surface area (Å²) in [5, 5.41) is 11.2. The van der Waals surface area contributed by atoms with E-state index < -0.39 is 0 Å². The van der Waals surface area contributed by atoms with Gasteiger partial charge in [0.2, 0.25) is 0 Å². The second-order valence-corrected chi connectivity index (χ2v) is 6.39. The molecule has 0 aromatic carbocycles. The number of likely N-dealkylation sites (tertiary alicyclic amines) is 1. The van der Waals surface area contributed by atoms with Crippen LogP contribution >= 0.6 is 24.0 Å². The predicted molar refractivity (Wildman–Crippen MR) is 111 cm³/mol. The predicted octanol–water partition coefficient (Wildman–Crippen LogP) is 2.24. The number of nitrogens with one attached hydrogen (secondary N) is 2. The van der Waals surface area contributed by atoms with Crippen molar-refractivity contribution in [3.8, 4) is 0 Å². The Balaban J connectivity index is 0.00000288. The lowest BCUT2D eigenvalue weighted by Crippen LogP contribution is -2.49. The van der Waals surface area contributed by atoms with Crippen molar-refractivity contribution < 1.29 is 0 Å². The van der Waals surface area contributed by atoms with E-state index in [0.29, 0.717) is 6.04 Å². The lowest BCUT2D eigenvalue weighted by Gasteiger charge is -2.33. The number of hydrogen-bond donors (Lipinski definition) is 2. The fourth-order valence-corrected chi connectivity index (χ4v) is 2.95. The van der Waals surface area contributed by atoms with Crippen LogP contribution in [-0.4, -0.2) is 59.9 Å². The minimum atomic E-state index is 0. The van der Waals surface area contributed by atoms with Crippen LogP contribution in [0.4, 0.5) is 0 Å². The molecule has 1 aromatic rings. The Morgan fingerprint density at radius 1 is 1.33 bits per heavy atom. The largest absolute Gasteiger partial charge is 0.355 e. The molecule has 7 heteroatoms. The molecule has 2 heterocycles. The highest BCUT2D eigenvalue weighted by Gasteiger charge is 2.19. The van der Waals surface area contributed by atoms with E-state index in [0.717, 1.165) is 19.0 Å². The number of piperidine rings is 1. The van der Waals surface area contributed by atoms with Crippen LogP contribution in [0.1, 0.15) is 38.2 Å². The summed E-state index contributed by atoms with van der Waals surface area (Å²) in [6, 6.07) is 0.533. The summed E-state index contributed by atoms with van der Waals surface area (Å²) >= 11 is 0. The van der Waals surface area contributed by atoms with Gasteiger partial charge < -0.3 is 15.5 Å². The first-order chi connectivity index (χ1) is 11.2. The van der Waals surface area contributed by atoms with Gasteiger partial charge in [0.15, 0.2) is 5.96 Å². The Hall–Kier alpha value is -0.830. The number of rotatable bonds is 7. The Labute approximate surface area is 163 Å². The van der Waals surface area contributed by atoms with E-state index in [1.165, 1.54) is 50.9 Å². The summed E-state index contributed by atoms with van der Waals surface area (Å²) in [4.78, 5) is 6.92. The van der Waals surface area contributed by atoms with Gasteiger partial charge in [0.1, 0.15) is 0 Å². The van der Waals surface area contributed by atoms with Gasteiger partial charge in [-0.15, -0.1) is 24.0 Å². The molecule has 0 radical (unpaired) electrons. The standard InChI is InChI=1S/C17H32N6.HI/c1-4-5-9-22-10-6-16(7-11-22)21-17(18-3)19-8-12-23-14-15(2)13-20-23;/h13-14,16H,4-12H2,1-3H3,(H2,18,19,21);1H. The van der Waals surface area contributed by atoms with Crippen molar-refractivity contribution in [1.29, 1.82) is 0 Å². The van der Waals surface area contributed by atoms with Crippen molar-refractivity contribution in [3.63, 3.8) is 0 Å². The molecule has 0 spiro atoms. The van der Waals surface area contributed by atoms with Crippen molar-refractivity contribution in [2.24, 2.45) is 4.99 Å². The average molecular weight is 448 g/mol. The maximum Gasteiger partial charge on any atom is 0.191 e. The molecule has 1 aromatic heterocycles. The fraction of sp³-hybridized carbons (Fsp3) is 0.765. The zero-order chi connectivity index (χ0) is 16.5. The van der Waals surface area contributed by atoms with Crippen LogP contribution in [0, 0.1) is 6.92 Å². The maximum absolute atomic E-state index is 4.34. The van der Waals surface area contributed by atoms with Gasteiger partial charge in [0.25, 0.3) is 0 Å². The van der Waals surface area contributed by atoms with Crippen LogP contribution in [0.3, 0.4) is 0 Å². The number of aryl methyl sites for hydroxylation is 1. The Kier molecular flexibility index (Phi) is 10.3. The summed E-state index contributed by atoms with van der Waals surface area (Å²) in [5.74, 6) is 0.904. The molecule has 2 N–H and O–H groups in total. The number of unbranched alkanes of at least 4 members (excludes halogenated alkanes) is 1. The average Bonchev–Trinajstić information content (AvgIpc) is 2.98. The summed E-state index contributed by atoms with van der Waals surface area (Å²) in [6.45, 7) is 9.64. The molecule has 1 fully saturated rings. The molecular weight excluding hydrogens is 415 g/mol. The van der Waals surface area contributed by atoms with Crippen LogP contribution in [0.15, 0.2) is 17.4 Å². The van der Waals surface area contributed by atoms with E-state index in [2.05, 4.69) is 45.7 Å². The molecule has 1 aliphatic heterocycles. The third kappa shape index (κ3) is 7.38. The minimum Gasteiger partial charge on any atom is -0.355 e. The second kappa shape index (κ2) is 11.7. The van der Waals surface area contributed by atoms with Gasteiger partial charge in [0, 0.05) is 38.9 Å². The van der Waals surface area contributed by atoms with E-state index in [1.807, 2.05) is 17.9 Å². The maximum atomic E-state index is 4.34. The minimum absolute atomic E-state index is 0. The normalized spacial score (nSPS) is 16.7. The Bertz CT molecular complexity index is 479. The smallest absolute Gasteiger partial charge is 0.191 e. The number of aromatic nitrogens is 2. The van der Waals surface area contributed by atoms with E-state index in [9.17, 15) is 0 Å². The summed E-state index contributed by atoms with van der Waals surface area (Å²) in [5.41, 5.74) is 1.20. The SMILES string of the molecule is CCCCN1CCC(NC(=NC)NCCn2cc(C)cn2)CC1.I. The molecule has 138 valence electrons. The van der Waals surface area contributed by atoms with Gasteiger partial charge >= 0.3 is 0 Å². The van der Waals surface area contributed by atoms with Crippen LogP contribution < -0.4 is 10.6 Å². The number of halogens is 1. The molecule has 0 saturated carbocycles. The fourth-order valence-electron chi connectivity index (χ4n) is 2.95. The van der Waals surface area contributed by atoms with Crippen LogP contribution in [0.25, 0.3) is 0 Å². The third-order valence-corrected chi connectivity index (χ3v) is 4.38. The van der Waals surface area contributed by atoms with Gasteiger partial charge in [-0.05, 0) is 38.3 Å². The quantitative estimate of drug-likeness (QED) is 0.382. The second-order valence-electron chi connectivity index (χ2n) is 6.39. The van der Waals surface area contributed by atoms with Gasteiger partial charge in [-0.25, -0.2) is 0 Å². The molecule has 0 atom stereocenters. The summed E-state index contributed by atoms with van der Waals surface area (Å²) in [7, 11) is 1.84. The molecule has 24 heavy (non-hydrogen) atoms. The summed E-state index contributed by atoms with van der Waals surface area (Å²) < 4.78 is 1.96. The first kappa shape index (κ1) is 21.2. The first-order valence-electron chi connectivity index (χ1n) is 8.90. The Morgan fingerprint density at radius 3 is 2.67 bits per heavy atom. The van der Waals surface area contributed by atoms with Gasteiger partial charge in [-0.1, -0.05) is 13.3 Å². The molecule has 1 aliphatic rings. The topological polar surface area (TPSA) is 57.5 Å². The first-order valence-corrected chi connectivity index (χ1v) is 8.90. The van der Waals surface area contributed by atoms with E-state index >= 15 is 0 Å². The monoisotopic (exact) mass is 448 g/mol. The van der Waals surface area contributed by atoms with Gasteiger partial charge in [0.05, 0.1) is 12.7 Å². The third-order valence-electron chi connectivity index (χ3n) is 4.38. The van der Waals surface area contributed by atoms with E-state index in [1.54, 1.807) is 0 Å². The van der Waals surface area contributed by atoms with Crippen LogP contribution in [0.5, 0.6) is 0 Å².